The third-order valence-electron chi connectivity index (χ3n) is 5.84. The molecule has 4 rings (SSSR count). The van der Waals surface area contributed by atoms with E-state index >= 15 is 0 Å². The maximum atomic E-state index is 14.9. The Hall–Kier alpha value is -2.95. The van der Waals surface area contributed by atoms with Gasteiger partial charge in [-0.15, -0.1) is 0 Å². The molecular formula is C20H21F4N5O2. The van der Waals surface area contributed by atoms with Crippen molar-refractivity contribution in [2.24, 2.45) is 16.6 Å². The molecular weight excluding hydrogens is 418 g/mol. The number of amides is 1. The normalized spacial score (nSPS) is 24.5. The quantitative estimate of drug-likeness (QED) is 0.716. The van der Waals surface area contributed by atoms with E-state index in [9.17, 15) is 27.5 Å². The summed E-state index contributed by atoms with van der Waals surface area (Å²) in [6.07, 6.45) is 1.53. The minimum atomic E-state index is -4.87. The number of primary amides is 1. The van der Waals surface area contributed by atoms with E-state index in [0.717, 1.165) is 38.0 Å². The number of carbonyl (C=O) groups is 1. The Labute approximate surface area is 174 Å². The summed E-state index contributed by atoms with van der Waals surface area (Å²) in [6.45, 7) is 0.137. The molecule has 0 saturated heterocycles. The van der Waals surface area contributed by atoms with Crippen LogP contribution in [0.2, 0.25) is 0 Å². The minimum absolute atomic E-state index is 0.0628. The fourth-order valence-corrected chi connectivity index (χ4v) is 4.18. The highest BCUT2D eigenvalue weighted by atomic mass is 19.4. The van der Waals surface area contributed by atoms with Crippen LogP contribution in [0, 0.1) is 11.7 Å². The fraction of sp³-hybridized carbons (Fsp3) is 0.450. The number of hydrogen-bond acceptors (Lipinski definition) is 5. The van der Waals surface area contributed by atoms with Crippen LogP contribution in [0.15, 0.2) is 35.2 Å². The van der Waals surface area contributed by atoms with Crippen LogP contribution in [0.25, 0.3) is 10.9 Å². The molecule has 1 unspecified atom stereocenters. The fourth-order valence-electron chi connectivity index (χ4n) is 4.18. The van der Waals surface area contributed by atoms with Gasteiger partial charge in [0.2, 0.25) is 5.91 Å². The second-order valence-electron chi connectivity index (χ2n) is 7.86. The number of rotatable bonds is 4. The van der Waals surface area contributed by atoms with Crippen LogP contribution in [0.1, 0.15) is 31.7 Å². The molecule has 2 aliphatic rings. The van der Waals surface area contributed by atoms with Gasteiger partial charge >= 0.3 is 6.18 Å². The second-order valence-corrected chi connectivity index (χ2v) is 7.86. The Kier molecular flexibility index (Phi) is 5.46. The molecule has 1 amide bonds. The molecule has 1 fully saturated rings. The summed E-state index contributed by atoms with van der Waals surface area (Å²) < 4.78 is 57.4. The Bertz CT molecular complexity index is 1050. The van der Waals surface area contributed by atoms with Crippen LogP contribution in [-0.2, 0) is 4.79 Å². The lowest BCUT2D eigenvalue weighted by Gasteiger charge is -2.34. The molecule has 1 aliphatic carbocycles. The van der Waals surface area contributed by atoms with Crippen LogP contribution in [0.3, 0.4) is 0 Å². The van der Waals surface area contributed by atoms with Crippen molar-refractivity contribution in [2.75, 3.05) is 11.5 Å². The van der Waals surface area contributed by atoms with Crippen LogP contribution in [0.5, 0.6) is 0 Å². The van der Waals surface area contributed by atoms with E-state index in [2.05, 4.69) is 10.1 Å². The maximum Gasteiger partial charge on any atom is 0.433 e. The zero-order valence-corrected chi connectivity index (χ0v) is 16.4. The number of nitrogens with two attached hydrogens (primary N) is 1. The van der Waals surface area contributed by atoms with E-state index in [0.29, 0.717) is 22.0 Å². The van der Waals surface area contributed by atoms with Gasteiger partial charge in [-0.2, -0.15) is 18.3 Å². The van der Waals surface area contributed by atoms with E-state index in [-0.39, 0.29) is 18.6 Å². The van der Waals surface area contributed by atoms with Crippen molar-refractivity contribution in [3.8, 4) is 0 Å². The number of aliphatic imine (C=N–C) groups is 1. The largest absolute Gasteiger partial charge is 0.433 e. The van der Waals surface area contributed by atoms with Gasteiger partial charge in [0.1, 0.15) is 17.6 Å². The Morgan fingerprint density at radius 2 is 1.94 bits per heavy atom. The number of allylic oxidation sites excluding steroid dienone is 1. The topological polar surface area (TPSA) is 96.7 Å². The van der Waals surface area contributed by atoms with Crippen molar-refractivity contribution in [3.05, 3.63) is 36.0 Å². The third kappa shape index (κ3) is 4.01. The van der Waals surface area contributed by atoms with Crippen molar-refractivity contribution >= 4 is 28.7 Å². The summed E-state index contributed by atoms with van der Waals surface area (Å²) in [4.78, 5) is 15.8. The van der Waals surface area contributed by atoms with Crippen molar-refractivity contribution in [2.45, 2.75) is 43.9 Å². The standard InChI is InChI=1S/C20H21F4N5O2/c21-14-6-15-12(9-28(27-15)13-3-1-11(10-30)2-4-13)5-16(14)29-17(19(25)31)7-26-8-18(29)20(22,23)24/h5-9,11,13,17,30H,1-4,10H2,(H2,25,31). The number of aromatic nitrogens is 2. The molecule has 1 aliphatic heterocycles. The molecule has 1 aromatic heterocycles. The molecule has 0 spiro atoms. The lowest BCUT2D eigenvalue weighted by molar-refractivity contribution is -0.118. The first kappa shape index (κ1) is 21.3. The average molecular weight is 439 g/mol. The van der Waals surface area contributed by atoms with Gasteiger partial charge in [0.25, 0.3) is 0 Å². The van der Waals surface area contributed by atoms with Crippen molar-refractivity contribution in [1.29, 1.82) is 0 Å². The molecule has 3 N–H and O–H groups in total. The summed E-state index contributed by atoms with van der Waals surface area (Å²) in [7, 11) is 0. The summed E-state index contributed by atoms with van der Waals surface area (Å²) in [5.41, 5.74) is 3.84. The number of fused-ring (bicyclic) bond motifs is 1. The predicted molar refractivity (Wildman–Crippen MR) is 106 cm³/mol. The predicted octanol–water partition coefficient (Wildman–Crippen LogP) is 3.05. The van der Waals surface area contributed by atoms with Crippen LogP contribution < -0.4 is 10.6 Å². The van der Waals surface area contributed by atoms with Crippen LogP contribution in [0.4, 0.5) is 23.2 Å². The van der Waals surface area contributed by atoms with Gasteiger partial charge in [-0.05, 0) is 37.7 Å². The first-order valence-electron chi connectivity index (χ1n) is 9.87. The molecule has 11 heteroatoms. The molecule has 31 heavy (non-hydrogen) atoms. The highest BCUT2D eigenvalue weighted by Gasteiger charge is 2.44. The maximum absolute atomic E-state index is 14.9. The van der Waals surface area contributed by atoms with E-state index in [1.54, 1.807) is 10.9 Å². The summed E-state index contributed by atoms with van der Waals surface area (Å²) in [5.74, 6) is -1.79. The smallest absolute Gasteiger partial charge is 0.396 e. The molecule has 0 bridgehead atoms. The highest BCUT2D eigenvalue weighted by Crippen LogP contribution is 2.38. The second kappa shape index (κ2) is 7.95. The van der Waals surface area contributed by atoms with Gasteiger partial charge in [-0.3, -0.25) is 14.5 Å². The van der Waals surface area contributed by atoms with E-state index < -0.39 is 35.3 Å². The van der Waals surface area contributed by atoms with E-state index in [4.69, 9.17) is 5.73 Å². The number of carbonyl (C=O) groups excluding carboxylic acids is 1. The van der Waals surface area contributed by atoms with Gasteiger partial charge in [-0.25, -0.2) is 4.39 Å². The summed E-state index contributed by atoms with van der Waals surface area (Å²) in [5, 5.41) is 14.1. The average Bonchev–Trinajstić information content (AvgIpc) is 3.14. The number of alkyl halides is 3. The van der Waals surface area contributed by atoms with Crippen LogP contribution in [-0.4, -0.2) is 45.8 Å². The number of anilines is 1. The molecule has 166 valence electrons. The highest BCUT2D eigenvalue weighted by molar-refractivity contribution is 6.02. The first-order valence-corrected chi connectivity index (χ1v) is 9.87. The molecule has 2 heterocycles. The van der Waals surface area contributed by atoms with Crippen LogP contribution >= 0.6 is 0 Å². The van der Waals surface area contributed by atoms with Crippen molar-refractivity contribution < 1.29 is 27.5 Å². The van der Waals surface area contributed by atoms with Gasteiger partial charge in [0.05, 0.1) is 23.4 Å². The van der Waals surface area contributed by atoms with Gasteiger partial charge in [0.15, 0.2) is 0 Å². The zero-order chi connectivity index (χ0) is 22.3. The summed E-state index contributed by atoms with van der Waals surface area (Å²) in [6, 6.07) is 0.769. The summed E-state index contributed by atoms with van der Waals surface area (Å²) >= 11 is 0. The zero-order valence-electron chi connectivity index (χ0n) is 16.4. The van der Waals surface area contributed by atoms with E-state index in [1.807, 2.05) is 0 Å². The van der Waals surface area contributed by atoms with Crippen molar-refractivity contribution in [1.82, 2.24) is 9.78 Å². The molecule has 1 atom stereocenters. The Morgan fingerprint density at radius 1 is 1.23 bits per heavy atom. The number of aliphatic hydroxyl groups excluding tert-OH is 1. The van der Waals surface area contributed by atoms with Gasteiger partial charge in [0, 0.05) is 30.5 Å². The minimum Gasteiger partial charge on any atom is -0.396 e. The SMILES string of the molecule is NC(=O)C1C=NC=C(C(F)(F)F)N1c1cc2cn(C3CCC(CO)CC3)nc2cc1F. The van der Waals surface area contributed by atoms with E-state index in [1.165, 1.54) is 6.07 Å². The number of nitrogens with zero attached hydrogens (tertiary/aromatic N) is 4. The number of halogens is 4. The lowest BCUT2D eigenvalue weighted by Crippen LogP contribution is -2.50. The molecule has 1 aromatic carbocycles. The first-order chi connectivity index (χ1) is 14.7. The Balaban J connectivity index is 1.73. The number of hydrogen-bond donors (Lipinski definition) is 2. The molecule has 2 aromatic rings. The molecule has 7 nitrogen and oxygen atoms in total. The monoisotopic (exact) mass is 439 g/mol. The third-order valence-corrected chi connectivity index (χ3v) is 5.84. The number of aliphatic hydroxyl groups is 1. The van der Waals surface area contributed by atoms with Crippen molar-refractivity contribution in [3.63, 3.8) is 0 Å². The molecule has 0 radical (unpaired) electrons. The van der Waals surface area contributed by atoms with Gasteiger partial charge in [-0.1, -0.05) is 0 Å². The Morgan fingerprint density at radius 3 is 2.55 bits per heavy atom. The number of benzene rings is 1. The van der Waals surface area contributed by atoms with Gasteiger partial charge < -0.3 is 15.7 Å². The lowest BCUT2D eigenvalue weighted by atomic mass is 9.87. The molecule has 1 saturated carbocycles.